The minimum Gasteiger partial charge on any atom is -0.454 e. The van der Waals surface area contributed by atoms with E-state index >= 15 is 0 Å². The molecular weight excluding hydrogens is 285 g/mol. The number of ketones is 1. The van der Waals surface area contributed by atoms with Crippen LogP contribution in [0.4, 0.5) is 10.1 Å². The molecule has 0 spiro atoms. The van der Waals surface area contributed by atoms with Gasteiger partial charge in [0.2, 0.25) is 6.79 Å². The van der Waals surface area contributed by atoms with Crippen LogP contribution in [-0.2, 0) is 0 Å². The third-order valence-corrected chi connectivity index (χ3v) is 3.31. The summed E-state index contributed by atoms with van der Waals surface area (Å²) in [5.74, 6) is 0.723. The predicted molar refractivity (Wildman–Crippen MR) is 80.8 cm³/mol. The molecule has 0 bridgehead atoms. The number of allylic oxidation sites excluding steroid dienone is 1. The van der Waals surface area contributed by atoms with Crippen LogP contribution in [0.2, 0.25) is 0 Å². The third-order valence-electron chi connectivity index (χ3n) is 3.31. The number of hydrogen-bond donors (Lipinski definition) is 1. The molecule has 5 heteroatoms. The van der Waals surface area contributed by atoms with Crippen LogP contribution in [0.25, 0.3) is 0 Å². The van der Waals surface area contributed by atoms with Gasteiger partial charge in [-0.05, 0) is 42.8 Å². The lowest BCUT2D eigenvalue weighted by Gasteiger charge is -2.03. The standard InChI is InChI=1S/C17H14FNO3/c1-11-2-4-13(9-14(11)18)19-7-6-15(20)12-3-5-16-17(8-12)22-10-21-16/h2-9,19H,10H2,1H3. The summed E-state index contributed by atoms with van der Waals surface area (Å²) in [6.07, 6.45) is 2.87. The highest BCUT2D eigenvalue weighted by atomic mass is 19.1. The Morgan fingerprint density at radius 3 is 2.82 bits per heavy atom. The summed E-state index contributed by atoms with van der Waals surface area (Å²) < 4.78 is 23.8. The van der Waals surface area contributed by atoms with Crippen LogP contribution < -0.4 is 14.8 Å². The van der Waals surface area contributed by atoms with E-state index in [0.717, 1.165) is 0 Å². The molecule has 1 heterocycles. The van der Waals surface area contributed by atoms with Crippen LogP contribution >= 0.6 is 0 Å². The quantitative estimate of drug-likeness (QED) is 0.691. The molecule has 112 valence electrons. The van der Waals surface area contributed by atoms with E-state index in [9.17, 15) is 9.18 Å². The largest absolute Gasteiger partial charge is 0.454 e. The molecule has 0 fully saturated rings. The van der Waals surface area contributed by atoms with Crippen LogP contribution in [0, 0.1) is 12.7 Å². The molecule has 3 rings (SSSR count). The monoisotopic (exact) mass is 299 g/mol. The summed E-state index contributed by atoms with van der Waals surface area (Å²) in [5, 5.41) is 2.87. The number of ether oxygens (including phenoxy) is 2. The number of anilines is 1. The number of nitrogens with one attached hydrogen (secondary N) is 1. The second-order valence-corrected chi connectivity index (χ2v) is 4.87. The second-order valence-electron chi connectivity index (χ2n) is 4.87. The molecule has 0 unspecified atom stereocenters. The van der Waals surface area contributed by atoms with Gasteiger partial charge in [-0.3, -0.25) is 4.79 Å². The first-order valence-corrected chi connectivity index (χ1v) is 6.77. The van der Waals surface area contributed by atoms with Crippen LogP contribution in [0.1, 0.15) is 15.9 Å². The Bertz CT molecular complexity index is 756. The lowest BCUT2D eigenvalue weighted by atomic mass is 10.1. The van der Waals surface area contributed by atoms with Crippen molar-refractivity contribution in [3.05, 3.63) is 65.6 Å². The zero-order valence-corrected chi connectivity index (χ0v) is 11.9. The molecule has 0 saturated heterocycles. The summed E-state index contributed by atoms with van der Waals surface area (Å²) in [5.41, 5.74) is 1.65. The maximum atomic E-state index is 13.4. The molecule has 1 aliphatic heterocycles. The van der Waals surface area contributed by atoms with Crippen molar-refractivity contribution in [1.29, 1.82) is 0 Å². The first-order valence-electron chi connectivity index (χ1n) is 6.77. The molecule has 2 aromatic rings. The summed E-state index contributed by atoms with van der Waals surface area (Å²) in [4.78, 5) is 12.1. The maximum Gasteiger partial charge on any atom is 0.231 e. The molecule has 4 nitrogen and oxygen atoms in total. The van der Waals surface area contributed by atoms with Gasteiger partial charge in [-0.15, -0.1) is 0 Å². The number of aryl methyl sites for hydroxylation is 1. The summed E-state index contributed by atoms with van der Waals surface area (Å²) in [6.45, 7) is 1.86. The van der Waals surface area contributed by atoms with E-state index in [1.54, 1.807) is 37.3 Å². The molecule has 0 atom stereocenters. The van der Waals surface area contributed by atoms with Gasteiger partial charge in [0.15, 0.2) is 17.3 Å². The molecule has 22 heavy (non-hydrogen) atoms. The molecule has 0 saturated carbocycles. The summed E-state index contributed by atoms with van der Waals surface area (Å²) >= 11 is 0. The molecule has 0 aromatic heterocycles. The van der Waals surface area contributed by atoms with E-state index in [0.29, 0.717) is 28.3 Å². The highest BCUT2D eigenvalue weighted by molar-refractivity contribution is 6.05. The molecular formula is C17H14FNO3. The van der Waals surface area contributed by atoms with Gasteiger partial charge in [-0.1, -0.05) is 6.07 Å². The van der Waals surface area contributed by atoms with Crippen LogP contribution in [-0.4, -0.2) is 12.6 Å². The summed E-state index contributed by atoms with van der Waals surface area (Å²) in [6, 6.07) is 9.81. The number of carbonyl (C=O) groups excluding carboxylic acids is 1. The van der Waals surface area contributed by atoms with Gasteiger partial charge in [0.05, 0.1) is 0 Å². The zero-order chi connectivity index (χ0) is 15.5. The Morgan fingerprint density at radius 1 is 1.18 bits per heavy atom. The number of benzene rings is 2. The zero-order valence-electron chi connectivity index (χ0n) is 11.9. The van der Waals surface area contributed by atoms with Gasteiger partial charge >= 0.3 is 0 Å². The topological polar surface area (TPSA) is 47.6 Å². The fourth-order valence-corrected chi connectivity index (χ4v) is 2.04. The van der Waals surface area contributed by atoms with Crippen molar-refractivity contribution in [2.24, 2.45) is 0 Å². The lowest BCUT2D eigenvalue weighted by Crippen LogP contribution is -1.97. The van der Waals surface area contributed by atoms with E-state index in [2.05, 4.69) is 5.32 Å². The van der Waals surface area contributed by atoms with Gasteiger partial charge in [0.25, 0.3) is 0 Å². The van der Waals surface area contributed by atoms with E-state index in [-0.39, 0.29) is 18.4 Å². The molecule has 1 aliphatic rings. The fraction of sp³-hybridized carbons (Fsp3) is 0.118. The Kier molecular flexibility index (Phi) is 3.78. The minimum absolute atomic E-state index is 0.170. The lowest BCUT2D eigenvalue weighted by molar-refractivity contribution is 0.104. The molecule has 1 N–H and O–H groups in total. The number of fused-ring (bicyclic) bond motifs is 1. The first kappa shape index (κ1) is 14.1. The Labute approximate surface area is 127 Å². The first-order chi connectivity index (χ1) is 10.6. The SMILES string of the molecule is Cc1ccc(NC=CC(=O)c2ccc3c(c2)OCO3)cc1F. The fourth-order valence-electron chi connectivity index (χ4n) is 2.04. The van der Waals surface area contributed by atoms with Gasteiger partial charge < -0.3 is 14.8 Å². The van der Waals surface area contributed by atoms with Gasteiger partial charge in [-0.2, -0.15) is 0 Å². The Balaban J connectivity index is 1.67. The van der Waals surface area contributed by atoms with Crippen LogP contribution in [0.15, 0.2) is 48.7 Å². The molecule has 2 aromatic carbocycles. The molecule has 0 aliphatic carbocycles. The highest BCUT2D eigenvalue weighted by Gasteiger charge is 2.14. The minimum atomic E-state index is -0.291. The van der Waals surface area contributed by atoms with Gasteiger partial charge in [-0.25, -0.2) is 4.39 Å². The highest BCUT2D eigenvalue weighted by Crippen LogP contribution is 2.32. The van der Waals surface area contributed by atoms with Crippen LogP contribution in [0.5, 0.6) is 11.5 Å². The van der Waals surface area contributed by atoms with Gasteiger partial charge in [0, 0.05) is 23.5 Å². The normalized spacial score (nSPS) is 12.6. The van der Waals surface area contributed by atoms with Gasteiger partial charge in [0.1, 0.15) is 5.82 Å². The Hall–Kier alpha value is -2.82. The van der Waals surface area contributed by atoms with Crippen molar-refractivity contribution in [3.8, 4) is 11.5 Å². The number of halogens is 1. The number of hydrogen-bond acceptors (Lipinski definition) is 4. The van der Waals surface area contributed by atoms with Crippen molar-refractivity contribution in [2.75, 3.05) is 12.1 Å². The average Bonchev–Trinajstić information content (AvgIpc) is 2.98. The second kappa shape index (κ2) is 5.89. The van der Waals surface area contributed by atoms with Crippen LogP contribution in [0.3, 0.4) is 0 Å². The van der Waals surface area contributed by atoms with Crippen molar-refractivity contribution >= 4 is 11.5 Å². The van der Waals surface area contributed by atoms with E-state index in [1.807, 2.05) is 0 Å². The van der Waals surface area contributed by atoms with E-state index < -0.39 is 0 Å². The van der Waals surface area contributed by atoms with Crippen molar-refractivity contribution < 1.29 is 18.7 Å². The third kappa shape index (κ3) is 2.93. The molecule has 0 radical (unpaired) electrons. The number of carbonyl (C=O) groups is 1. The van der Waals surface area contributed by atoms with E-state index in [1.165, 1.54) is 18.3 Å². The number of rotatable bonds is 4. The van der Waals surface area contributed by atoms with Crippen molar-refractivity contribution in [2.45, 2.75) is 6.92 Å². The average molecular weight is 299 g/mol. The Morgan fingerprint density at radius 2 is 2.00 bits per heavy atom. The van der Waals surface area contributed by atoms with Crippen molar-refractivity contribution in [1.82, 2.24) is 0 Å². The smallest absolute Gasteiger partial charge is 0.231 e. The van der Waals surface area contributed by atoms with Crippen molar-refractivity contribution in [3.63, 3.8) is 0 Å². The summed E-state index contributed by atoms with van der Waals surface area (Å²) in [7, 11) is 0. The maximum absolute atomic E-state index is 13.4. The predicted octanol–water partition coefficient (Wildman–Crippen LogP) is 3.67. The molecule has 0 amide bonds. The van der Waals surface area contributed by atoms with E-state index in [4.69, 9.17) is 9.47 Å².